The molecule has 7 nitrogen and oxygen atoms in total. The lowest BCUT2D eigenvalue weighted by Gasteiger charge is -2.33. The quantitative estimate of drug-likeness (QED) is 0.874. The molecule has 0 aromatic heterocycles. The van der Waals surface area contributed by atoms with Crippen molar-refractivity contribution in [2.24, 2.45) is 0 Å². The van der Waals surface area contributed by atoms with Gasteiger partial charge in [-0.3, -0.25) is 4.31 Å². The first-order chi connectivity index (χ1) is 10.4. The number of morpholine rings is 1. The van der Waals surface area contributed by atoms with Gasteiger partial charge in [0, 0.05) is 19.6 Å². The van der Waals surface area contributed by atoms with Crippen LogP contribution < -0.4 is 4.31 Å². The zero-order valence-electron chi connectivity index (χ0n) is 12.7. The van der Waals surface area contributed by atoms with Gasteiger partial charge in [-0.15, -0.1) is 0 Å². The summed E-state index contributed by atoms with van der Waals surface area (Å²) in [6.07, 6.45) is 0. The predicted molar refractivity (Wildman–Crippen MR) is 82.5 cm³/mol. The van der Waals surface area contributed by atoms with Gasteiger partial charge in [-0.1, -0.05) is 11.6 Å². The SMILES string of the molecule is CCN(c1ccc(C)cc1C(=O)O)S(=O)(=O)N1CCOCC1. The molecule has 0 bridgehead atoms. The van der Waals surface area contributed by atoms with Gasteiger partial charge in [-0.25, -0.2) is 4.79 Å². The predicted octanol–water partition coefficient (Wildman–Crippen LogP) is 1.10. The van der Waals surface area contributed by atoms with Crippen LogP contribution in [0.4, 0.5) is 5.69 Å². The fourth-order valence-corrected chi connectivity index (χ4v) is 4.04. The number of hydrogen-bond acceptors (Lipinski definition) is 4. The van der Waals surface area contributed by atoms with Crippen LogP contribution in [0.25, 0.3) is 0 Å². The van der Waals surface area contributed by atoms with E-state index >= 15 is 0 Å². The summed E-state index contributed by atoms with van der Waals surface area (Å²) in [6, 6.07) is 4.73. The molecule has 2 rings (SSSR count). The number of carboxylic acids is 1. The van der Waals surface area contributed by atoms with E-state index in [1.807, 2.05) is 0 Å². The number of hydrogen-bond donors (Lipinski definition) is 1. The second-order valence-electron chi connectivity index (χ2n) is 5.01. The Bertz CT molecular complexity index is 653. The number of benzene rings is 1. The Balaban J connectivity index is 2.45. The van der Waals surface area contributed by atoms with Crippen molar-refractivity contribution in [2.45, 2.75) is 13.8 Å². The summed E-state index contributed by atoms with van der Waals surface area (Å²) in [7, 11) is -3.77. The summed E-state index contributed by atoms with van der Waals surface area (Å²) in [5, 5.41) is 9.36. The lowest BCUT2D eigenvalue weighted by Crippen LogP contribution is -2.49. The van der Waals surface area contributed by atoms with Gasteiger partial charge in [0.05, 0.1) is 24.5 Å². The van der Waals surface area contributed by atoms with E-state index in [0.29, 0.717) is 13.2 Å². The van der Waals surface area contributed by atoms with Crippen molar-refractivity contribution >= 4 is 21.9 Å². The normalized spacial score (nSPS) is 16.5. The molecule has 1 aromatic rings. The summed E-state index contributed by atoms with van der Waals surface area (Å²) < 4.78 is 33.2. The number of anilines is 1. The third-order valence-corrected chi connectivity index (χ3v) is 5.54. The minimum Gasteiger partial charge on any atom is -0.478 e. The maximum Gasteiger partial charge on any atom is 0.337 e. The molecule has 0 spiro atoms. The van der Waals surface area contributed by atoms with E-state index in [2.05, 4.69) is 0 Å². The van der Waals surface area contributed by atoms with E-state index < -0.39 is 16.2 Å². The monoisotopic (exact) mass is 328 g/mol. The fourth-order valence-electron chi connectivity index (χ4n) is 2.41. The number of ether oxygens (including phenoxy) is 1. The van der Waals surface area contributed by atoms with Crippen LogP contribution in [0.5, 0.6) is 0 Å². The summed E-state index contributed by atoms with van der Waals surface area (Å²) in [6.45, 7) is 4.84. The lowest BCUT2D eigenvalue weighted by molar-refractivity contribution is 0.0697. The van der Waals surface area contributed by atoms with Crippen molar-refractivity contribution in [1.29, 1.82) is 0 Å². The second kappa shape index (κ2) is 6.64. The highest BCUT2D eigenvalue weighted by Gasteiger charge is 2.32. The molecule has 0 radical (unpaired) electrons. The molecular formula is C14H20N2O5S. The Morgan fingerprint density at radius 2 is 2.00 bits per heavy atom. The molecule has 0 atom stereocenters. The van der Waals surface area contributed by atoms with Crippen LogP contribution in [-0.4, -0.2) is 56.6 Å². The van der Waals surface area contributed by atoms with Crippen molar-refractivity contribution in [1.82, 2.24) is 4.31 Å². The molecule has 122 valence electrons. The largest absolute Gasteiger partial charge is 0.478 e. The van der Waals surface area contributed by atoms with Crippen molar-refractivity contribution in [3.8, 4) is 0 Å². The molecule has 1 N–H and O–H groups in total. The first-order valence-electron chi connectivity index (χ1n) is 7.07. The molecule has 0 amide bonds. The van der Waals surface area contributed by atoms with Crippen LogP contribution in [0.2, 0.25) is 0 Å². The van der Waals surface area contributed by atoms with Gasteiger partial charge in [0.2, 0.25) is 0 Å². The number of aromatic carboxylic acids is 1. The van der Waals surface area contributed by atoms with E-state index in [1.54, 1.807) is 26.0 Å². The molecule has 1 aliphatic rings. The summed E-state index contributed by atoms with van der Waals surface area (Å²) >= 11 is 0. The first kappa shape index (κ1) is 16.7. The molecular weight excluding hydrogens is 308 g/mol. The topological polar surface area (TPSA) is 87.2 Å². The summed E-state index contributed by atoms with van der Waals surface area (Å²) in [4.78, 5) is 11.4. The van der Waals surface area contributed by atoms with Crippen LogP contribution in [0.1, 0.15) is 22.8 Å². The van der Waals surface area contributed by atoms with Gasteiger partial charge in [0.15, 0.2) is 0 Å². The maximum absolute atomic E-state index is 12.8. The second-order valence-corrected chi connectivity index (χ2v) is 6.86. The molecule has 0 unspecified atom stereocenters. The van der Waals surface area contributed by atoms with Crippen LogP contribution >= 0.6 is 0 Å². The summed E-state index contributed by atoms with van der Waals surface area (Å²) in [5.74, 6) is -1.14. The molecule has 22 heavy (non-hydrogen) atoms. The highest BCUT2D eigenvalue weighted by Crippen LogP contribution is 2.26. The van der Waals surface area contributed by atoms with E-state index in [9.17, 15) is 18.3 Å². The van der Waals surface area contributed by atoms with E-state index in [4.69, 9.17) is 4.74 Å². The van der Waals surface area contributed by atoms with Crippen LogP contribution in [0, 0.1) is 6.92 Å². The average Bonchev–Trinajstić information content (AvgIpc) is 2.50. The van der Waals surface area contributed by atoms with Gasteiger partial charge in [0.25, 0.3) is 0 Å². The van der Waals surface area contributed by atoms with Gasteiger partial charge in [-0.05, 0) is 26.0 Å². The number of rotatable bonds is 5. The van der Waals surface area contributed by atoms with Crippen LogP contribution in [0.3, 0.4) is 0 Å². The third kappa shape index (κ3) is 3.23. The number of nitrogens with zero attached hydrogens (tertiary/aromatic N) is 2. The number of aryl methyl sites for hydroxylation is 1. The molecule has 0 saturated carbocycles. The van der Waals surface area contributed by atoms with Crippen molar-refractivity contribution in [2.75, 3.05) is 37.2 Å². The number of carboxylic acid groups (broad SMARTS) is 1. The Morgan fingerprint density at radius 3 is 2.55 bits per heavy atom. The number of carbonyl (C=O) groups is 1. The van der Waals surface area contributed by atoms with Crippen LogP contribution in [-0.2, 0) is 14.9 Å². The van der Waals surface area contributed by atoms with Crippen molar-refractivity contribution < 1.29 is 23.1 Å². The Labute approximate surface area is 130 Å². The average molecular weight is 328 g/mol. The zero-order chi connectivity index (χ0) is 16.3. The molecule has 1 aliphatic heterocycles. The van der Waals surface area contributed by atoms with E-state index in [-0.39, 0.29) is 30.9 Å². The molecule has 1 heterocycles. The Hall–Kier alpha value is -1.64. The van der Waals surface area contributed by atoms with Gasteiger partial charge < -0.3 is 9.84 Å². The smallest absolute Gasteiger partial charge is 0.337 e. The highest BCUT2D eigenvalue weighted by atomic mass is 32.2. The van der Waals surface area contributed by atoms with Crippen LogP contribution in [0.15, 0.2) is 18.2 Å². The zero-order valence-corrected chi connectivity index (χ0v) is 13.5. The molecule has 1 aromatic carbocycles. The third-order valence-electron chi connectivity index (χ3n) is 3.51. The standard InChI is InChI=1S/C14H20N2O5S/c1-3-16(22(19,20)15-6-8-21-9-7-15)13-5-4-11(2)10-12(13)14(17)18/h4-5,10H,3,6-9H2,1-2H3,(H,17,18). The molecule has 0 aliphatic carbocycles. The van der Waals surface area contributed by atoms with Gasteiger partial charge in [0.1, 0.15) is 0 Å². The van der Waals surface area contributed by atoms with E-state index in [1.165, 1.54) is 10.4 Å². The Morgan fingerprint density at radius 1 is 1.36 bits per heavy atom. The maximum atomic E-state index is 12.8. The molecule has 1 saturated heterocycles. The minimum atomic E-state index is -3.77. The summed E-state index contributed by atoms with van der Waals surface area (Å²) in [5.41, 5.74) is 0.937. The highest BCUT2D eigenvalue weighted by molar-refractivity contribution is 7.90. The Kier molecular flexibility index (Phi) is 5.05. The fraction of sp³-hybridized carbons (Fsp3) is 0.500. The molecule has 8 heteroatoms. The van der Waals surface area contributed by atoms with Crippen molar-refractivity contribution in [3.63, 3.8) is 0 Å². The van der Waals surface area contributed by atoms with E-state index in [0.717, 1.165) is 9.87 Å². The minimum absolute atomic E-state index is 0.0151. The first-order valence-corrected chi connectivity index (χ1v) is 8.47. The lowest BCUT2D eigenvalue weighted by atomic mass is 10.1. The van der Waals surface area contributed by atoms with Gasteiger partial charge >= 0.3 is 16.2 Å². The van der Waals surface area contributed by atoms with Crippen molar-refractivity contribution in [3.05, 3.63) is 29.3 Å². The van der Waals surface area contributed by atoms with Gasteiger partial charge in [-0.2, -0.15) is 12.7 Å². The molecule has 1 fully saturated rings.